The molecule has 2 nitrogen and oxygen atoms in total. The van der Waals surface area contributed by atoms with Crippen molar-refractivity contribution >= 4 is 21.8 Å². The SMILES string of the molecule is CNC(=O)C1CC=C(C)CC1c1ccc(Br)cc1. The molecular weight excluding hydrogens is 290 g/mol. The molecule has 2 rings (SSSR count). The van der Waals surface area contributed by atoms with E-state index < -0.39 is 0 Å². The van der Waals surface area contributed by atoms with Crippen molar-refractivity contribution in [3.05, 3.63) is 46.0 Å². The van der Waals surface area contributed by atoms with Crippen LogP contribution in [0.1, 0.15) is 31.2 Å². The number of nitrogens with one attached hydrogen (secondary N) is 1. The summed E-state index contributed by atoms with van der Waals surface area (Å²) in [6.07, 6.45) is 4.00. The van der Waals surface area contributed by atoms with Crippen molar-refractivity contribution in [1.29, 1.82) is 0 Å². The predicted octanol–water partition coefficient (Wildman–Crippen LogP) is 3.64. The second kappa shape index (κ2) is 5.70. The molecule has 0 saturated carbocycles. The molecule has 0 aliphatic heterocycles. The minimum absolute atomic E-state index is 0.0554. The van der Waals surface area contributed by atoms with E-state index in [0.29, 0.717) is 5.92 Å². The van der Waals surface area contributed by atoms with Crippen LogP contribution in [-0.4, -0.2) is 13.0 Å². The molecule has 2 unspecified atom stereocenters. The van der Waals surface area contributed by atoms with E-state index in [1.54, 1.807) is 7.05 Å². The highest BCUT2D eigenvalue weighted by Gasteiger charge is 2.30. The molecule has 1 amide bonds. The van der Waals surface area contributed by atoms with E-state index in [9.17, 15) is 4.79 Å². The number of hydrogen-bond acceptors (Lipinski definition) is 1. The van der Waals surface area contributed by atoms with E-state index in [-0.39, 0.29) is 11.8 Å². The highest BCUT2D eigenvalue weighted by atomic mass is 79.9. The van der Waals surface area contributed by atoms with Gasteiger partial charge in [0.25, 0.3) is 0 Å². The van der Waals surface area contributed by atoms with Gasteiger partial charge >= 0.3 is 0 Å². The summed E-state index contributed by atoms with van der Waals surface area (Å²) >= 11 is 3.45. The van der Waals surface area contributed by atoms with Crippen LogP contribution in [0.5, 0.6) is 0 Å². The van der Waals surface area contributed by atoms with Crippen LogP contribution in [0.4, 0.5) is 0 Å². The van der Waals surface area contributed by atoms with E-state index >= 15 is 0 Å². The molecule has 1 aromatic rings. The molecule has 1 aliphatic rings. The standard InChI is InChI=1S/C15H18BrNO/c1-10-3-8-13(15(18)17-2)14(9-10)11-4-6-12(16)7-5-11/h3-7,13-14H,8-9H2,1-2H3,(H,17,18). The molecule has 1 aliphatic carbocycles. The van der Waals surface area contributed by atoms with E-state index in [4.69, 9.17) is 0 Å². The van der Waals surface area contributed by atoms with Crippen molar-refractivity contribution in [3.63, 3.8) is 0 Å². The van der Waals surface area contributed by atoms with Gasteiger partial charge in [0.05, 0.1) is 0 Å². The fourth-order valence-corrected chi connectivity index (χ4v) is 2.86. The molecular formula is C15H18BrNO. The summed E-state index contributed by atoms with van der Waals surface area (Å²) in [5.74, 6) is 0.495. The summed E-state index contributed by atoms with van der Waals surface area (Å²) in [5, 5.41) is 2.78. The van der Waals surface area contributed by atoms with Crippen LogP contribution in [-0.2, 0) is 4.79 Å². The molecule has 1 aromatic carbocycles. The molecule has 18 heavy (non-hydrogen) atoms. The quantitative estimate of drug-likeness (QED) is 0.831. The van der Waals surface area contributed by atoms with Crippen molar-refractivity contribution < 1.29 is 4.79 Å². The third-order valence-corrected chi connectivity index (χ3v) is 4.16. The molecule has 0 aromatic heterocycles. The van der Waals surface area contributed by atoms with Crippen molar-refractivity contribution in [2.45, 2.75) is 25.7 Å². The highest BCUT2D eigenvalue weighted by Crippen LogP contribution is 2.37. The summed E-state index contributed by atoms with van der Waals surface area (Å²) in [7, 11) is 1.71. The smallest absolute Gasteiger partial charge is 0.223 e. The Bertz CT molecular complexity index is 464. The first-order chi connectivity index (χ1) is 8.61. The molecule has 0 heterocycles. The normalized spacial score (nSPS) is 23.4. The second-order valence-corrected chi connectivity index (χ2v) is 5.78. The van der Waals surface area contributed by atoms with Crippen LogP contribution in [0.2, 0.25) is 0 Å². The van der Waals surface area contributed by atoms with E-state index in [1.807, 2.05) is 12.1 Å². The summed E-state index contributed by atoms with van der Waals surface area (Å²) < 4.78 is 1.07. The monoisotopic (exact) mass is 307 g/mol. The van der Waals surface area contributed by atoms with Crippen molar-refractivity contribution in [3.8, 4) is 0 Å². The number of carbonyl (C=O) groups excluding carboxylic acids is 1. The van der Waals surface area contributed by atoms with Gasteiger partial charge in [-0.05, 0) is 43.4 Å². The molecule has 0 bridgehead atoms. The summed E-state index contributed by atoms with van der Waals surface area (Å²) in [6, 6.07) is 8.32. The lowest BCUT2D eigenvalue weighted by Crippen LogP contribution is -2.33. The first kappa shape index (κ1) is 13.3. The number of benzene rings is 1. The topological polar surface area (TPSA) is 29.1 Å². The number of allylic oxidation sites excluding steroid dienone is 2. The van der Waals surface area contributed by atoms with Crippen LogP contribution in [0.3, 0.4) is 0 Å². The largest absolute Gasteiger partial charge is 0.359 e. The fourth-order valence-electron chi connectivity index (χ4n) is 2.60. The minimum atomic E-state index is 0.0554. The molecule has 96 valence electrons. The molecule has 0 saturated heterocycles. The van der Waals surface area contributed by atoms with Gasteiger partial charge < -0.3 is 5.32 Å². The Kier molecular flexibility index (Phi) is 4.23. The number of halogens is 1. The van der Waals surface area contributed by atoms with Gasteiger partial charge in [0.1, 0.15) is 0 Å². The molecule has 0 spiro atoms. The maximum Gasteiger partial charge on any atom is 0.223 e. The zero-order chi connectivity index (χ0) is 13.1. The Hall–Kier alpha value is -1.09. The van der Waals surface area contributed by atoms with Crippen molar-refractivity contribution in [1.82, 2.24) is 5.32 Å². The zero-order valence-corrected chi connectivity index (χ0v) is 12.3. The number of carbonyl (C=O) groups is 1. The molecule has 2 atom stereocenters. The lowest BCUT2D eigenvalue weighted by atomic mass is 9.75. The first-order valence-corrected chi connectivity index (χ1v) is 7.04. The van der Waals surface area contributed by atoms with Gasteiger partial charge in [-0.15, -0.1) is 0 Å². The maximum absolute atomic E-state index is 12.0. The van der Waals surface area contributed by atoms with Crippen molar-refractivity contribution in [2.75, 3.05) is 7.05 Å². The summed E-state index contributed by atoms with van der Waals surface area (Å²) in [4.78, 5) is 12.0. The molecule has 3 heteroatoms. The van der Waals surface area contributed by atoms with Crippen LogP contribution in [0.25, 0.3) is 0 Å². The van der Waals surface area contributed by atoms with Crippen LogP contribution < -0.4 is 5.32 Å². The van der Waals surface area contributed by atoms with Crippen molar-refractivity contribution in [2.24, 2.45) is 5.92 Å². The summed E-state index contributed by atoms with van der Waals surface area (Å²) in [5.41, 5.74) is 2.63. The summed E-state index contributed by atoms with van der Waals surface area (Å²) in [6.45, 7) is 2.14. The van der Waals surface area contributed by atoms with Gasteiger partial charge in [-0.25, -0.2) is 0 Å². The van der Waals surface area contributed by atoms with Crippen LogP contribution in [0.15, 0.2) is 40.4 Å². The van der Waals surface area contributed by atoms with Gasteiger partial charge in [-0.2, -0.15) is 0 Å². The third-order valence-electron chi connectivity index (χ3n) is 3.63. The van der Waals surface area contributed by atoms with E-state index in [0.717, 1.165) is 17.3 Å². The van der Waals surface area contributed by atoms with Gasteiger partial charge in [0.2, 0.25) is 5.91 Å². The maximum atomic E-state index is 12.0. The van der Waals surface area contributed by atoms with E-state index in [2.05, 4.69) is 46.4 Å². The Morgan fingerprint density at radius 3 is 2.61 bits per heavy atom. The lowest BCUT2D eigenvalue weighted by Gasteiger charge is -2.29. The Labute approximate surface area is 117 Å². The average Bonchev–Trinajstić information content (AvgIpc) is 2.38. The number of hydrogen-bond donors (Lipinski definition) is 1. The number of amides is 1. The molecule has 0 fully saturated rings. The Morgan fingerprint density at radius 1 is 1.33 bits per heavy atom. The first-order valence-electron chi connectivity index (χ1n) is 6.24. The zero-order valence-electron chi connectivity index (χ0n) is 10.7. The van der Waals surface area contributed by atoms with Crippen LogP contribution >= 0.6 is 15.9 Å². The second-order valence-electron chi connectivity index (χ2n) is 4.87. The van der Waals surface area contributed by atoms with Gasteiger partial charge in [0.15, 0.2) is 0 Å². The molecule has 1 N–H and O–H groups in total. The molecule has 0 radical (unpaired) electrons. The van der Waals surface area contributed by atoms with E-state index in [1.165, 1.54) is 11.1 Å². The highest BCUT2D eigenvalue weighted by molar-refractivity contribution is 9.10. The van der Waals surface area contributed by atoms with Gasteiger partial charge in [-0.1, -0.05) is 39.7 Å². The Balaban J connectivity index is 2.29. The third kappa shape index (κ3) is 2.83. The minimum Gasteiger partial charge on any atom is -0.359 e. The van der Waals surface area contributed by atoms with Gasteiger partial charge in [-0.3, -0.25) is 4.79 Å². The Morgan fingerprint density at radius 2 is 2.00 bits per heavy atom. The number of rotatable bonds is 2. The van der Waals surface area contributed by atoms with Crippen LogP contribution in [0, 0.1) is 5.92 Å². The lowest BCUT2D eigenvalue weighted by molar-refractivity contribution is -0.125. The predicted molar refractivity (Wildman–Crippen MR) is 77.4 cm³/mol. The fraction of sp³-hybridized carbons (Fsp3) is 0.400. The van der Waals surface area contributed by atoms with Gasteiger partial charge in [0, 0.05) is 17.4 Å². The average molecular weight is 308 g/mol.